The van der Waals surface area contributed by atoms with Crippen molar-refractivity contribution in [3.05, 3.63) is 120 Å². The molecule has 1 saturated heterocycles. The van der Waals surface area contributed by atoms with Gasteiger partial charge in [-0.05, 0) is 78.9 Å². The number of aromatic hydroxyl groups is 1. The summed E-state index contributed by atoms with van der Waals surface area (Å²) in [5, 5.41) is 12.9. The smallest absolute Gasteiger partial charge is 0.419 e. The molecular formula is C39H33BrF11N3O5. The minimum absolute atomic E-state index is 0.0439. The lowest BCUT2D eigenvalue weighted by molar-refractivity contribution is -0.144. The molecule has 0 bridgehead atoms. The van der Waals surface area contributed by atoms with Crippen LogP contribution in [0.15, 0.2) is 70.1 Å². The standard InChI is InChI=1S/C39H33BrF11N3O5/c1-3-59-32(57)15-29(26-11-22(12-28(34(26)42)39(49,50)51)33-19(2)9-23(13-30(33)55)37(43,44)45)52-36(58)35(20-5-4-6-24(40)10-20)54-16-21(7-8-53-17-25(41)18-53)27(14-31(54)56)38(46,47)48/h4-6,9-14,16,25,29,35,55H,3,7-8,15,17-18H2,1-2H3,(H,52,58)/t29-,35?/m0/s1. The van der Waals surface area contributed by atoms with Crippen molar-refractivity contribution in [1.29, 1.82) is 0 Å². The molecule has 0 spiro atoms. The van der Waals surface area contributed by atoms with Gasteiger partial charge in [-0.2, -0.15) is 39.5 Å². The van der Waals surface area contributed by atoms with Crippen LogP contribution in [0, 0.1) is 12.7 Å². The fourth-order valence-electron chi connectivity index (χ4n) is 6.77. The van der Waals surface area contributed by atoms with Gasteiger partial charge in [0.25, 0.3) is 5.56 Å². The number of halogens is 12. The normalized spacial score (nSPS) is 15.1. The number of aryl methyl sites for hydroxylation is 1. The topological polar surface area (TPSA) is 101 Å². The first-order valence-corrected chi connectivity index (χ1v) is 18.4. The van der Waals surface area contributed by atoms with Crippen LogP contribution < -0.4 is 10.9 Å². The van der Waals surface area contributed by atoms with E-state index in [0.717, 1.165) is 13.1 Å². The monoisotopic (exact) mass is 911 g/mol. The number of carbonyl (C=O) groups is 2. The molecule has 2 atom stereocenters. The van der Waals surface area contributed by atoms with Crippen molar-refractivity contribution in [3.8, 4) is 16.9 Å². The van der Waals surface area contributed by atoms with Crippen LogP contribution in [0.2, 0.25) is 0 Å². The average molecular weight is 913 g/mol. The van der Waals surface area contributed by atoms with Crippen LogP contribution in [0.5, 0.6) is 5.75 Å². The lowest BCUT2D eigenvalue weighted by Gasteiger charge is -2.34. The van der Waals surface area contributed by atoms with Crippen LogP contribution in [-0.2, 0) is 39.3 Å². The van der Waals surface area contributed by atoms with Crippen molar-refractivity contribution in [1.82, 2.24) is 14.8 Å². The second-order valence-electron chi connectivity index (χ2n) is 13.7. The number of hydrogen-bond acceptors (Lipinski definition) is 6. The Morgan fingerprint density at radius 3 is 2.17 bits per heavy atom. The third-order valence-corrected chi connectivity index (χ3v) is 9.97. The molecule has 1 aliphatic rings. The summed E-state index contributed by atoms with van der Waals surface area (Å²) < 4.78 is 162. The number of alkyl halides is 10. The van der Waals surface area contributed by atoms with Crippen molar-refractivity contribution < 1.29 is 67.7 Å². The van der Waals surface area contributed by atoms with E-state index in [1.54, 1.807) is 0 Å². The van der Waals surface area contributed by atoms with Crippen LogP contribution in [0.25, 0.3) is 11.1 Å². The van der Waals surface area contributed by atoms with Gasteiger partial charge in [-0.25, -0.2) is 8.78 Å². The highest BCUT2D eigenvalue weighted by molar-refractivity contribution is 9.10. The Morgan fingerprint density at radius 1 is 0.949 bits per heavy atom. The number of amides is 1. The van der Waals surface area contributed by atoms with E-state index in [2.05, 4.69) is 21.2 Å². The Balaban J connectivity index is 1.69. The summed E-state index contributed by atoms with van der Waals surface area (Å²) in [7, 11) is 0. The highest BCUT2D eigenvalue weighted by Gasteiger charge is 2.40. The van der Waals surface area contributed by atoms with Gasteiger partial charge in [-0.15, -0.1) is 0 Å². The summed E-state index contributed by atoms with van der Waals surface area (Å²) in [4.78, 5) is 42.4. The average Bonchev–Trinajstić information content (AvgIpc) is 3.09. The molecule has 2 heterocycles. The number of esters is 1. The van der Waals surface area contributed by atoms with Gasteiger partial charge in [-0.3, -0.25) is 23.9 Å². The summed E-state index contributed by atoms with van der Waals surface area (Å²) in [6.07, 6.45) is -17.4. The zero-order valence-corrected chi connectivity index (χ0v) is 32.3. The third kappa shape index (κ3) is 10.4. The molecule has 5 rings (SSSR count). The van der Waals surface area contributed by atoms with Gasteiger partial charge in [0, 0.05) is 47.5 Å². The second-order valence-corrected chi connectivity index (χ2v) is 14.6. The molecular weight excluding hydrogens is 879 g/mol. The number of nitrogens with one attached hydrogen (secondary N) is 1. The van der Waals surface area contributed by atoms with Gasteiger partial charge in [0.05, 0.1) is 35.8 Å². The highest BCUT2D eigenvalue weighted by Crippen LogP contribution is 2.44. The molecule has 1 fully saturated rings. The minimum Gasteiger partial charge on any atom is -0.507 e. The predicted molar refractivity (Wildman–Crippen MR) is 193 cm³/mol. The minimum atomic E-state index is -5.49. The van der Waals surface area contributed by atoms with E-state index in [-0.39, 0.29) is 62.0 Å². The Morgan fingerprint density at radius 2 is 1.61 bits per heavy atom. The van der Waals surface area contributed by atoms with Gasteiger partial charge in [0.2, 0.25) is 5.91 Å². The predicted octanol–water partition coefficient (Wildman–Crippen LogP) is 9.08. The number of likely N-dealkylation sites (tertiary alicyclic amines) is 1. The molecule has 0 radical (unpaired) electrons. The number of benzene rings is 3. The summed E-state index contributed by atoms with van der Waals surface area (Å²) in [6.45, 7) is 1.96. The van der Waals surface area contributed by atoms with Crippen molar-refractivity contribution >= 4 is 27.8 Å². The first kappa shape index (κ1) is 45.1. The summed E-state index contributed by atoms with van der Waals surface area (Å²) >= 11 is 3.21. The van der Waals surface area contributed by atoms with Crippen LogP contribution in [-0.4, -0.2) is 58.9 Å². The molecule has 20 heteroatoms. The first-order chi connectivity index (χ1) is 27.4. The van der Waals surface area contributed by atoms with E-state index in [0.29, 0.717) is 21.2 Å². The van der Waals surface area contributed by atoms with Crippen molar-refractivity contribution in [3.63, 3.8) is 0 Å². The molecule has 318 valence electrons. The third-order valence-electron chi connectivity index (χ3n) is 9.47. The van der Waals surface area contributed by atoms with Crippen LogP contribution in [0.4, 0.5) is 48.3 Å². The molecule has 1 unspecified atom stereocenters. The van der Waals surface area contributed by atoms with E-state index < -0.39 is 111 Å². The number of nitrogens with zero attached hydrogens (tertiary/aromatic N) is 2. The zero-order chi connectivity index (χ0) is 43.8. The zero-order valence-electron chi connectivity index (χ0n) is 30.8. The van der Waals surface area contributed by atoms with Crippen molar-refractivity contribution in [2.75, 3.05) is 26.2 Å². The van der Waals surface area contributed by atoms with Gasteiger partial charge >= 0.3 is 24.5 Å². The Labute approximate surface area is 336 Å². The lowest BCUT2D eigenvalue weighted by Crippen LogP contribution is -2.49. The van der Waals surface area contributed by atoms with Crippen LogP contribution in [0.1, 0.15) is 64.4 Å². The van der Waals surface area contributed by atoms with E-state index >= 15 is 4.39 Å². The van der Waals surface area contributed by atoms with E-state index in [1.165, 1.54) is 36.1 Å². The molecule has 0 aliphatic carbocycles. The summed E-state index contributed by atoms with van der Waals surface area (Å²) in [6, 6.07) is 3.37. The number of pyridine rings is 1. The number of aromatic nitrogens is 1. The highest BCUT2D eigenvalue weighted by atomic mass is 79.9. The van der Waals surface area contributed by atoms with E-state index in [4.69, 9.17) is 4.74 Å². The number of phenols is 1. The summed E-state index contributed by atoms with van der Waals surface area (Å²) in [5.74, 6) is -5.69. The van der Waals surface area contributed by atoms with Crippen LogP contribution in [0.3, 0.4) is 0 Å². The van der Waals surface area contributed by atoms with Gasteiger partial charge in [-0.1, -0.05) is 28.1 Å². The van der Waals surface area contributed by atoms with E-state index in [1.807, 2.05) is 0 Å². The number of carbonyl (C=O) groups excluding carboxylic acids is 2. The number of hydrogen-bond donors (Lipinski definition) is 2. The SMILES string of the molecule is CCOC(=O)C[C@H](NC(=O)C(c1cccc(Br)c1)n1cc(CCN2CC(F)C2)c(C(F)(F)F)cc1=O)c1cc(-c2c(C)cc(C(F)(F)F)cc2O)cc(C(F)(F)F)c1F. The van der Waals surface area contributed by atoms with E-state index in [9.17, 15) is 63.4 Å². The molecule has 4 aromatic rings. The molecule has 3 aromatic carbocycles. The quantitative estimate of drug-likeness (QED) is 0.109. The number of rotatable bonds is 12. The van der Waals surface area contributed by atoms with Gasteiger partial charge in [0.15, 0.2) is 0 Å². The Kier molecular flexibility index (Phi) is 13.2. The van der Waals surface area contributed by atoms with Crippen LogP contribution >= 0.6 is 15.9 Å². The maximum atomic E-state index is 16.2. The summed E-state index contributed by atoms with van der Waals surface area (Å²) in [5.41, 5.74) is -9.30. The largest absolute Gasteiger partial charge is 0.507 e. The number of ether oxygens (including phenoxy) is 1. The molecule has 8 nitrogen and oxygen atoms in total. The van der Waals surface area contributed by atoms with Gasteiger partial charge < -0.3 is 15.2 Å². The van der Waals surface area contributed by atoms with Crippen molar-refractivity contribution in [2.45, 2.75) is 63.5 Å². The molecule has 0 saturated carbocycles. The maximum Gasteiger partial charge on any atom is 0.419 e. The Hall–Kier alpha value is -4.98. The lowest BCUT2D eigenvalue weighted by atomic mass is 9.90. The first-order valence-electron chi connectivity index (χ1n) is 17.6. The molecule has 2 N–H and O–H groups in total. The Bertz CT molecular complexity index is 2260. The molecule has 1 aliphatic heterocycles. The second kappa shape index (κ2) is 17.3. The number of phenolic OH excluding ortho intramolecular Hbond substituents is 1. The molecule has 59 heavy (non-hydrogen) atoms. The molecule has 1 aromatic heterocycles. The van der Waals surface area contributed by atoms with Gasteiger partial charge in [0.1, 0.15) is 23.8 Å². The maximum absolute atomic E-state index is 16.2. The molecule has 1 amide bonds. The fourth-order valence-corrected chi connectivity index (χ4v) is 7.19. The fraction of sp³-hybridized carbons (Fsp3) is 0.359. The van der Waals surface area contributed by atoms with Crippen molar-refractivity contribution in [2.24, 2.45) is 0 Å².